The summed E-state index contributed by atoms with van der Waals surface area (Å²) in [6, 6.07) is 38.1. The number of ketones is 2. The maximum Gasteiger partial charge on any atom is 0.185 e. The largest absolute Gasteiger partial charge is 0.307 e. The molecule has 0 aromatic heterocycles. The third-order valence-electron chi connectivity index (χ3n) is 4.57. The molecule has 0 aliphatic rings. The first kappa shape index (κ1) is 25.6. The van der Waals surface area contributed by atoms with Gasteiger partial charge in [0.1, 0.15) is 6.79 Å². The van der Waals surface area contributed by atoms with Crippen LogP contribution in [0.4, 0.5) is 0 Å². The second-order valence-electron chi connectivity index (χ2n) is 6.95. The third kappa shape index (κ3) is 9.25. The lowest BCUT2D eigenvalue weighted by molar-refractivity contribution is -0.0980. The van der Waals surface area contributed by atoms with Gasteiger partial charge in [-0.2, -0.15) is 0 Å². The quantitative estimate of drug-likeness (QED) is 0.237. The molecule has 3 heteroatoms. The van der Waals surface area contributed by atoms with Gasteiger partial charge in [-0.25, -0.2) is 0 Å². The molecule has 0 radical (unpaired) electrons. The highest BCUT2D eigenvalue weighted by Gasteiger charge is 1.99. The van der Waals surface area contributed by atoms with E-state index in [0.29, 0.717) is 0 Å². The van der Waals surface area contributed by atoms with Crippen LogP contribution in [0.1, 0.15) is 31.8 Å². The normalized spacial score (nSPS) is 10.0. The molecule has 3 nitrogen and oxygen atoms in total. The molecule has 0 amide bonds. The SMILES string of the molecule is C=O.O=C(C=Cc1ccccc1)c1ccccc1.O=C(C=Cc1ccccc1)c1ccccc1. The zero-order valence-corrected chi connectivity index (χ0v) is 18.8. The Labute approximate surface area is 200 Å². The molecule has 4 aromatic carbocycles. The van der Waals surface area contributed by atoms with E-state index in [1.165, 1.54) is 0 Å². The number of allylic oxidation sites excluding steroid dienone is 2. The molecule has 0 N–H and O–H groups in total. The van der Waals surface area contributed by atoms with Crippen LogP contribution in [0.15, 0.2) is 133 Å². The third-order valence-corrected chi connectivity index (χ3v) is 4.57. The van der Waals surface area contributed by atoms with E-state index >= 15 is 0 Å². The Kier molecular flexibility index (Phi) is 11.5. The summed E-state index contributed by atoms with van der Waals surface area (Å²) < 4.78 is 0. The summed E-state index contributed by atoms with van der Waals surface area (Å²) in [7, 11) is 0. The van der Waals surface area contributed by atoms with Crippen molar-refractivity contribution in [3.63, 3.8) is 0 Å². The molecule has 0 saturated heterocycles. The van der Waals surface area contributed by atoms with Gasteiger partial charge in [0.15, 0.2) is 11.6 Å². The zero-order valence-electron chi connectivity index (χ0n) is 18.8. The van der Waals surface area contributed by atoms with Crippen molar-refractivity contribution < 1.29 is 14.4 Å². The van der Waals surface area contributed by atoms with E-state index in [4.69, 9.17) is 4.79 Å². The molecule has 0 fully saturated rings. The minimum Gasteiger partial charge on any atom is -0.307 e. The highest BCUT2D eigenvalue weighted by Crippen LogP contribution is 2.06. The van der Waals surface area contributed by atoms with E-state index in [0.717, 1.165) is 22.3 Å². The van der Waals surface area contributed by atoms with Crippen LogP contribution in [0.3, 0.4) is 0 Å². The number of hydrogen-bond donors (Lipinski definition) is 0. The predicted molar refractivity (Wildman–Crippen MR) is 140 cm³/mol. The van der Waals surface area contributed by atoms with Crippen molar-refractivity contribution in [2.24, 2.45) is 0 Å². The molecule has 0 heterocycles. The zero-order chi connectivity index (χ0) is 24.4. The number of hydrogen-bond acceptors (Lipinski definition) is 3. The van der Waals surface area contributed by atoms with Gasteiger partial charge in [-0.15, -0.1) is 0 Å². The Morgan fingerprint density at radius 2 is 0.706 bits per heavy atom. The molecule has 4 aromatic rings. The molecule has 0 bridgehead atoms. The average molecular weight is 447 g/mol. The molecule has 0 aliphatic heterocycles. The fraction of sp³-hybridized carbons (Fsp3) is 0. The number of carbonyl (C=O) groups is 3. The van der Waals surface area contributed by atoms with Gasteiger partial charge in [-0.3, -0.25) is 9.59 Å². The summed E-state index contributed by atoms with van der Waals surface area (Å²) >= 11 is 0. The fourth-order valence-corrected chi connectivity index (χ4v) is 2.87. The maximum atomic E-state index is 11.7. The summed E-state index contributed by atoms with van der Waals surface area (Å²) in [5.41, 5.74) is 3.50. The first-order valence-corrected chi connectivity index (χ1v) is 10.7. The van der Waals surface area contributed by atoms with Gasteiger partial charge < -0.3 is 4.79 Å². The van der Waals surface area contributed by atoms with Crippen molar-refractivity contribution in [1.82, 2.24) is 0 Å². The van der Waals surface area contributed by atoms with Crippen molar-refractivity contribution >= 4 is 30.5 Å². The molecule has 34 heavy (non-hydrogen) atoms. The molecule has 0 unspecified atom stereocenters. The fourth-order valence-electron chi connectivity index (χ4n) is 2.87. The van der Waals surface area contributed by atoms with Crippen LogP contribution in [0.5, 0.6) is 0 Å². The monoisotopic (exact) mass is 446 g/mol. The standard InChI is InChI=1S/2C15H12O.CH2O/c2*16-15(14-9-5-2-6-10-14)12-11-13-7-3-1-4-8-13;1-2/h2*1-12H;1H2. The Morgan fingerprint density at radius 3 is 1.00 bits per heavy atom. The highest BCUT2D eigenvalue weighted by molar-refractivity contribution is 6.07. The first-order chi connectivity index (χ1) is 16.7. The van der Waals surface area contributed by atoms with Crippen molar-refractivity contribution in [1.29, 1.82) is 0 Å². The average Bonchev–Trinajstić information content (AvgIpc) is 2.94. The summed E-state index contributed by atoms with van der Waals surface area (Å²) in [4.78, 5) is 31.5. The van der Waals surface area contributed by atoms with Gasteiger partial charge in [0.2, 0.25) is 0 Å². The Balaban J connectivity index is 0.000000224. The lowest BCUT2D eigenvalue weighted by Crippen LogP contribution is -1.92. The van der Waals surface area contributed by atoms with Gasteiger partial charge in [-0.05, 0) is 23.3 Å². The van der Waals surface area contributed by atoms with E-state index < -0.39 is 0 Å². The first-order valence-electron chi connectivity index (χ1n) is 10.7. The molecule has 4 rings (SSSR count). The maximum absolute atomic E-state index is 11.7. The second-order valence-corrected chi connectivity index (χ2v) is 6.95. The molecule has 168 valence electrons. The van der Waals surface area contributed by atoms with E-state index in [1.54, 1.807) is 12.2 Å². The van der Waals surface area contributed by atoms with Crippen LogP contribution >= 0.6 is 0 Å². The highest BCUT2D eigenvalue weighted by atomic mass is 16.1. The topological polar surface area (TPSA) is 51.2 Å². The lowest BCUT2D eigenvalue weighted by Gasteiger charge is -1.94. The van der Waals surface area contributed by atoms with Crippen molar-refractivity contribution in [3.8, 4) is 0 Å². The second kappa shape index (κ2) is 15.2. The van der Waals surface area contributed by atoms with E-state index in [2.05, 4.69) is 0 Å². The molecule has 0 spiro atoms. The minimum absolute atomic E-state index is 0.0319. The molecule has 0 atom stereocenters. The Hall–Kier alpha value is -4.63. The summed E-state index contributed by atoms with van der Waals surface area (Å²) in [5, 5.41) is 0. The molecule has 0 aliphatic carbocycles. The number of benzene rings is 4. The lowest BCUT2D eigenvalue weighted by atomic mass is 10.1. The van der Waals surface area contributed by atoms with Crippen molar-refractivity contribution in [2.45, 2.75) is 0 Å². The Bertz CT molecular complexity index is 1080. The van der Waals surface area contributed by atoms with Crippen LogP contribution in [0.25, 0.3) is 12.2 Å². The van der Waals surface area contributed by atoms with Gasteiger partial charge in [0, 0.05) is 11.1 Å². The smallest absolute Gasteiger partial charge is 0.185 e. The van der Waals surface area contributed by atoms with Gasteiger partial charge in [0.05, 0.1) is 0 Å². The minimum atomic E-state index is 0.0319. The van der Waals surface area contributed by atoms with Gasteiger partial charge in [-0.1, -0.05) is 133 Å². The van der Waals surface area contributed by atoms with Crippen LogP contribution in [0, 0.1) is 0 Å². The Morgan fingerprint density at radius 1 is 0.441 bits per heavy atom. The predicted octanol–water partition coefficient (Wildman–Crippen LogP) is 6.98. The van der Waals surface area contributed by atoms with Crippen molar-refractivity contribution in [3.05, 3.63) is 156 Å². The van der Waals surface area contributed by atoms with Crippen LogP contribution < -0.4 is 0 Å². The van der Waals surface area contributed by atoms with E-state index in [1.807, 2.05) is 140 Å². The molecular formula is C31H26O3. The summed E-state index contributed by atoms with van der Waals surface area (Å²) in [5.74, 6) is 0.0638. The van der Waals surface area contributed by atoms with Gasteiger partial charge in [0.25, 0.3) is 0 Å². The molecule has 0 saturated carbocycles. The van der Waals surface area contributed by atoms with Crippen LogP contribution in [0.2, 0.25) is 0 Å². The summed E-state index contributed by atoms with van der Waals surface area (Å²) in [6.07, 6.45) is 6.86. The van der Waals surface area contributed by atoms with E-state index in [9.17, 15) is 9.59 Å². The summed E-state index contributed by atoms with van der Waals surface area (Å²) in [6.45, 7) is 2.00. The number of rotatable bonds is 6. The molecular weight excluding hydrogens is 420 g/mol. The van der Waals surface area contributed by atoms with Crippen molar-refractivity contribution in [2.75, 3.05) is 0 Å². The van der Waals surface area contributed by atoms with Gasteiger partial charge >= 0.3 is 0 Å². The van der Waals surface area contributed by atoms with Crippen LogP contribution in [-0.4, -0.2) is 18.4 Å². The van der Waals surface area contributed by atoms with Crippen LogP contribution in [-0.2, 0) is 4.79 Å². The number of carbonyl (C=O) groups excluding carboxylic acids is 3. The van der Waals surface area contributed by atoms with E-state index in [-0.39, 0.29) is 11.6 Å².